The SMILES string of the molecule is Cc1cc2c(cc1C)C1(C)c3cc(C(=O)O)c(C)cc3C2(C)c2cc(C(=O)O)c(C(=O)O)cc21. The van der Waals surface area contributed by atoms with E-state index in [1.165, 1.54) is 12.1 Å². The lowest BCUT2D eigenvalue weighted by molar-refractivity contribution is 0.0651. The zero-order valence-corrected chi connectivity index (χ0v) is 19.5. The molecule has 0 aliphatic heterocycles. The predicted molar refractivity (Wildman–Crippen MR) is 126 cm³/mol. The van der Waals surface area contributed by atoms with Crippen molar-refractivity contribution in [3.63, 3.8) is 0 Å². The molecule has 3 aromatic rings. The van der Waals surface area contributed by atoms with Crippen LogP contribution in [0.4, 0.5) is 0 Å². The van der Waals surface area contributed by atoms with Gasteiger partial charge in [0.25, 0.3) is 0 Å². The van der Waals surface area contributed by atoms with Gasteiger partial charge in [-0.25, -0.2) is 14.4 Å². The number of carboxylic acids is 3. The van der Waals surface area contributed by atoms with Crippen molar-refractivity contribution in [2.45, 2.75) is 45.4 Å². The van der Waals surface area contributed by atoms with Crippen LogP contribution in [0.1, 0.15) is 95.0 Å². The molecule has 3 aliphatic rings. The van der Waals surface area contributed by atoms with Gasteiger partial charge in [0.15, 0.2) is 0 Å². The Morgan fingerprint density at radius 3 is 1.09 bits per heavy atom. The molecule has 0 heterocycles. The fourth-order valence-electron chi connectivity index (χ4n) is 6.06. The topological polar surface area (TPSA) is 112 Å². The standard InChI is InChI=1S/C28H24O6/c1-12-6-18-19(7-13(12)2)28(5)21-9-15(24(29)30)14(3)8-20(21)27(18,4)22-10-16(25(31)32)17(26(33)34)11-23(22)28/h6-11H,1-5H3,(H,29,30)(H,31,32)(H,33,34). The van der Waals surface area contributed by atoms with E-state index in [-0.39, 0.29) is 16.7 Å². The smallest absolute Gasteiger partial charge is 0.336 e. The lowest BCUT2D eigenvalue weighted by atomic mass is 9.47. The highest BCUT2D eigenvalue weighted by atomic mass is 16.4. The fourth-order valence-corrected chi connectivity index (χ4v) is 6.06. The summed E-state index contributed by atoms with van der Waals surface area (Å²) < 4.78 is 0. The first-order chi connectivity index (χ1) is 15.8. The summed E-state index contributed by atoms with van der Waals surface area (Å²) in [5.41, 5.74) is 6.00. The maximum Gasteiger partial charge on any atom is 0.336 e. The summed E-state index contributed by atoms with van der Waals surface area (Å²) >= 11 is 0. The van der Waals surface area contributed by atoms with Gasteiger partial charge in [-0.05, 0) is 103 Å². The van der Waals surface area contributed by atoms with E-state index in [9.17, 15) is 29.7 Å². The van der Waals surface area contributed by atoms with Gasteiger partial charge in [0.2, 0.25) is 0 Å². The van der Waals surface area contributed by atoms with Crippen LogP contribution in [0, 0.1) is 20.8 Å². The molecule has 3 N–H and O–H groups in total. The van der Waals surface area contributed by atoms with Gasteiger partial charge in [-0.2, -0.15) is 0 Å². The van der Waals surface area contributed by atoms with Crippen LogP contribution in [-0.2, 0) is 10.8 Å². The zero-order chi connectivity index (χ0) is 24.9. The first-order valence-corrected chi connectivity index (χ1v) is 11.0. The van der Waals surface area contributed by atoms with Crippen molar-refractivity contribution in [2.75, 3.05) is 0 Å². The number of carboxylic acid groups (broad SMARTS) is 3. The summed E-state index contributed by atoms with van der Waals surface area (Å²) in [5.74, 6) is -3.64. The highest BCUT2D eigenvalue weighted by Crippen LogP contribution is 2.62. The molecule has 2 unspecified atom stereocenters. The van der Waals surface area contributed by atoms with Crippen molar-refractivity contribution >= 4 is 17.9 Å². The van der Waals surface area contributed by atoms with E-state index in [1.54, 1.807) is 13.0 Å². The monoisotopic (exact) mass is 456 g/mol. The Morgan fingerprint density at radius 1 is 0.500 bits per heavy atom. The summed E-state index contributed by atoms with van der Waals surface area (Å²) in [6.45, 7) is 9.79. The summed E-state index contributed by atoms with van der Waals surface area (Å²) in [4.78, 5) is 36.1. The second kappa shape index (κ2) is 6.56. The molecule has 6 heteroatoms. The number of hydrogen-bond donors (Lipinski definition) is 3. The normalized spacial score (nSPS) is 21.4. The van der Waals surface area contributed by atoms with Crippen LogP contribution in [0.5, 0.6) is 0 Å². The number of benzene rings is 3. The quantitative estimate of drug-likeness (QED) is 0.509. The molecule has 0 radical (unpaired) electrons. The Labute approximate surface area is 196 Å². The molecule has 6 nitrogen and oxygen atoms in total. The molecule has 0 saturated heterocycles. The molecule has 6 rings (SSSR count). The summed E-state index contributed by atoms with van der Waals surface area (Å²) in [6, 6.07) is 10.8. The van der Waals surface area contributed by atoms with Crippen LogP contribution in [-0.4, -0.2) is 33.2 Å². The van der Waals surface area contributed by atoms with Gasteiger partial charge in [-0.1, -0.05) is 18.2 Å². The molecule has 34 heavy (non-hydrogen) atoms. The van der Waals surface area contributed by atoms with Gasteiger partial charge in [0, 0.05) is 10.8 Å². The largest absolute Gasteiger partial charge is 0.478 e. The van der Waals surface area contributed by atoms with E-state index in [0.29, 0.717) is 11.1 Å². The Bertz CT molecular complexity index is 1500. The Balaban J connectivity index is 2.01. The maximum absolute atomic E-state index is 12.0. The molecule has 0 spiro atoms. The molecule has 0 fully saturated rings. The third-order valence-electron chi connectivity index (χ3n) is 8.08. The Kier molecular flexibility index (Phi) is 4.23. The number of aryl methyl sites for hydroxylation is 3. The second-order valence-corrected chi connectivity index (χ2v) is 9.80. The van der Waals surface area contributed by atoms with E-state index < -0.39 is 28.7 Å². The molecule has 2 atom stereocenters. The van der Waals surface area contributed by atoms with Gasteiger partial charge in [-0.3, -0.25) is 0 Å². The first-order valence-electron chi connectivity index (χ1n) is 11.0. The summed E-state index contributed by atoms with van der Waals surface area (Å²) in [7, 11) is 0. The van der Waals surface area contributed by atoms with Gasteiger partial charge >= 0.3 is 17.9 Å². The third kappa shape index (κ3) is 2.43. The molecule has 0 aromatic heterocycles. The maximum atomic E-state index is 12.0. The van der Waals surface area contributed by atoms with Crippen molar-refractivity contribution in [2.24, 2.45) is 0 Å². The van der Waals surface area contributed by atoms with Crippen LogP contribution < -0.4 is 0 Å². The molecule has 0 saturated carbocycles. The van der Waals surface area contributed by atoms with Gasteiger partial charge in [-0.15, -0.1) is 0 Å². The highest BCUT2D eigenvalue weighted by Gasteiger charge is 2.55. The van der Waals surface area contributed by atoms with Gasteiger partial charge < -0.3 is 15.3 Å². The zero-order valence-electron chi connectivity index (χ0n) is 19.5. The van der Waals surface area contributed by atoms with Crippen LogP contribution in [0.3, 0.4) is 0 Å². The molecular weight excluding hydrogens is 432 g/mol. The molecular formula is C28H24O6. The third-order valence-corrected chi connectivity index (χ3v) is 8.08. The van der Waals surface area contributed by atoms with Crippen molar-refractivity contribution in [1.29, 1.82) is 0 Å². The number of aromatic carboxylic acids is 3. The van der Waals surface area contributed by atoms with E-state index in [0.717, 1.165) is 38.9 Å². The molecule has 172 valence electrons. The lowest BCUT2D eigenvalue weighted by Gasteiger charge is -2.55. The summed E-state index contributed by atoms with van der Waals surface area (Å²) in [6.07, 6.45) is 0. The minimum absolute atomic E-state index is 0.198. The molecule has 2 bridgehead atoms. The predicted octanol–water partition coefficient (Wildman–Crippen LogP) is 5.04. The average Bonchev–Trinajstić information content (AvgIpc) is 2.76. The van der Waals surface area contributed by atoms with Crippen LogP contribution in [0.25, 0.3) is 0 Å². The van der Waals surface area contributed by atoms with Crippen LogP contribution >= 0.6 is 0 Å². The summed E-state index contributed by atoms with van der Waals surface area (Å²) in [5, 5.41) is 29.5. The molecule has 0 amide bonds. The number of rotatable bonds is 3. The second-order valence-electron chi connectivity index (χ2n) is 9.80. The number of hydrogen-bond acceptors (Lipinski definition) is 3. The molecule has 3 aromatic carbocycles. The van der Waals surface area contributed by atoms with Gasteiger partial charge in [0.05, 0.1) is 16.7 Å². The first kappa shape index (κ1) is 21.9. The number of carbonyl (C=O) groups is 3. The van der Waals surface area contributed by atoms with Crippen molar-refractivity contribution in [1.82, 2.24) is 0 Å². The van der Waals surface area contributed by atoms with Crippen LogP contribution in [0.15, 0.2) is 36.4 Å². The lowest BCUT2D eigenvalue weighted by Crippen LogP contribution is -2.49. The Morgan fingerprint density at radius 2 is 0.765 bits per heavy atom. The Hall–Kier alpha value is -3.93. The molecule has 3 aliphatic carbocycles. The van der Waals surface area contributed by atoms with Crippen molar-refractivity contribution < 1.29 is 29.7 Å². The van der Waals surface area contributed by atoms with E-state index >= 15 is 0 Å². The van der Waals surface area contributed by atoms with E-state index in [4.69, 9.17) is 0 Å². The minimum Gasteiger partial charge on any atom is -0.478 e. The van der Waals surface area contributed by atoms with E-state index in [1.807, 2.05) is 33.8 Å². The highest BCUT2D eigenvalue weighted by molar-refractivity contribution is 6.03. The van der Waals surface area contributed by atoms with Crippen molar-refractivity contribution in [3.8, 4) is 0 Å². The van der Waals surface area contributed by atoms with E-state index in [2.05, 4.69) is 12.1 Å². The van der Waals surface area contributed by atoms with Crippen LogP contribution in [0.2, 0.25) is 0 Å². The van der Waals surface area contributed by atoms with Gasteiger partial charge in [0.1, 0.15) is 0 Å². The minimum atomic E-state index is -1.31. The average molecular weight is 456 g/mol. The van der Waals surface area contributed by atoms with Crippen molar-refractivity contribution in [3.05, 3.63) is 103 Å². The fraction of sp³-hybridized carbons (Fsp3) is 0.250.